The zero-order valence-electron chi connectivity index (χ0n) is 8.57. The highest BCUT2D eigenvalue weighted by Crippen LogP contribution is 2.12. The van der Waals surface area contributed by atoms with E-state index in [-0.39, 0.29) is 5.17 Å². The van der Waals surface area contributed by atoms with E-state index in [1.165, 1.54) is 11.8 Å². The molecule has 0 saturated carbocycles. The van der Waals surface area contributed by atoms with Crippen molar-refractivity contribution >= 4 is 23.0 Å². The first kappa shape index (κ1) is 11.7. The Balaban J connectivity index is 2.46. The monoisotopic (exact) mass is 222 g/mol. The molecule has 4 heteroatoms. The molecule has 1 aromatic rings. The molecule has 0 aliphatic heterocycles. The summed E-state index contributed by atoms with van der Waals surface area (Å²) in [6.45, 7) is 0. The predicted octanol–water partition coefficient (Wildman–Crippen LogP) is 2.34. The Hall–Kier alpha value is -1.42. The molecular weight excluding hydrogens is 208 g/mol. The molecule has 80 valence electrons. The van der Waals surface area contributed by atoms with Crippen LogP contribution in [0.1, 0.15) is 5.56 Å². The van der Waals surface area contributed by atoms with Crippen molar-refractivity contribution in [3.63, 3.8) is 0 Å². The van der Waals surface area contributed by atoms with E-state index in [0.717, 1.165) is 17.1 Å². The molecular formula is C11H14N2OS. The maximum Gasteiger partial charge on any atom is 0.151 e. The molecule has 0 saturated heterocycles. The number of ether oxygens (including phenoxy) is 1. The third kappa shape index (κ3) is 4.56. The molecule has 0 aliphatic rings. The molecule has 0 amide bonds. The first-order valence-corrected chi connectivity index (χ1v) is 5.48. The summed E-state index contributed by atoms with van der Waals surface area (Å²) in [7, 11) is 1.65. The summed E-state index contributed by atoms with van der Waals surface area (Å²) in [6.07, 6.45) is 3.98. The van der Waals surface area contributed by atoms with Crippen LogP contribution in [0, 0.1) is 5.41 Å². The summed E-state index contributed by atoms with van der Waals surface area (Å²) in [4.78, 5) is 0. The van der Waals surface area contributed by atoms with Crippen LogP contribution in [-0.2, 0) is 0 Å². The van der Waals surface area contributed by atoms with Crippen LogP contribution in [0.5, 0.6) is 5.75 Å². The Morgan fingerprint density at radius 3 is 2.67 bits per heavy atom. The fraction of sp³-hybridized carbons (Fsp3) is 0.182. The smallest absolute Gasteiger partial charge is 0.151 e. The number of hydrogen-bond donors (Lipinski definition) is 2. The summed E-state index contributed by atoms with van der Waals surface area (Å²) >= 11 is 1.31. The van der Waals surface area contributed by atoms with Gasteiger partial charge in [0.15, 0.2) is 5.17 Å². The topological polar surface area (TPSA) is 59.1 Å². The van der Waals surface area contributed by atoms with Crippen molar-refractivity contribution in [2.75, 3.05) is 12.9 Å². The molecule has 0 spiro atoms. The highest BCUT2D eigenvalue weighted by molar-refractivity contribution is 8.13. The van der Waals surface area contributed by atoms with E-state index in [4.69, 9.17) is 15.9 Å². The van der Waals surface area contributed by atoms with Gasteiger partial charge in [0.05, 0.1) is 7.11 Å². The Kier molecular flexibility index (Phi) is 4.77. The number of thioether (sulfide) groups is 1. The lowest BCUT2D eigenvalue weighted by Crippen LogP contribution is -2.03. The van der Waals surface area contributed by atoms with Crippen LogP contribution in [0.25, 0.3) is 6.08 Å². The Labute approximate surface area is 93.8 Å². The van der Waals surface area contributed by atoms with Gasteiger partial charge in [-0.2, -0.15) is 0 Å². The second-order valence-electron chi connectivity index (χ2n) is 2.85. The van der Waals surface area contributed by atoms with E-state index in [9.17, 15) is 0 Å². The normalized spacial score (nSPS) is 10.5. The summed E-state index contributed by atoms with van der Waals surface area (Å²) < 4.78 is 5.05. The average molecular weight is 222 g/mol. The van der Waals surface area contributed by atoms with Crippen molar-refractivity contribution in [3.05, 3.63) is 35.9 Å². The van der Waals surface area contributed by atoms with E-state index >= 15 is 0 Å². The maximum atomic E-state index is 7.02. The van der Waals surface area contributed by atoms with Crippen molar-refractivity contribution in [2.24, 2.45) is 5.73 Å². The molecule has 1 rings (SSSR count). The van der Waals surface area contributed by atoms with Crippen molar-refractivity contribution in [1.82, 2.24) is 0 Å². The van der Waals surface area contributed by atoms with Gasteiger partial charge in [-0.1, -0.05) is 36.0 Å². The average Bonchev–Trinajstić information content (AvgIpc) is 2.25. The Morgan fingerprint density at radius 2 is 2.13 bits per heavy atom. The number of rotatable bonds is 4. The van der Waals surface area contributed by atoms with Gasteiger partial charge < -0.3 is 10.5 Å². The van der Waals surface area contributed by atoms with Gasteiger partial charge >= 0.3 is 0 Å². The lowest BCUT2D eigenvalue weighted by molar-refractivity contribution is 0.415. The summed E-state index contributed by atoms with van der Waals surface area (Å²) in [5.41, 5.74) is 6.32. The second kappa shape index (κ2) is 6.14. The first-order valence-electron chi connectivity index (χ1n) is 4.50. The third-order valence-corrected chi connectivity index (χ3v) is 2.43. The minimum absolute atomic E-state index is 0.148. The summed E-state index contributed by atoms with van der Waals surface area (Å²) in [5.74, 6) is 1.58. The minimum atomic E-state index is 0.148. The molecule has 15 heavy (non-hydrogen) atoms. The van der Waals surface area contributed by atoms with Gasteiger partial charge in [0.1, 0.15) is 5.75 Å². The Bertz CT molecular complexity index is 346. The quantitative estimate of drug-likeness (QED) is 0.607. The van der Waals surface area contributed by atoms with Gasteiger partial charge in [-0.3, -0.25) is 5.41 Å². The molecule has 0 heterocycles. The van der Waals surface area contributed by atoms with E-state index in [1.807, 2.05) is 36.4 Å². The van der Waals surface area contributed by atoms with Gasteiger partial charge in [0, 0.05) is 5.75 Å². The number of benzene rings is 1. The van der Waals surface area contributed by atoms with Crippen molar-refractivity contribution in [3.8, 4) is 5.75 Å². The van der Waals surface area contributed by atoms with Crippen LogP contribution in [0.15, 0.2) is 30.3 Å². The lowest BCUT2D eigenvalue weighted by Gasteiger charge is -1.98. The number of nitrogens with two attached hydrogens (primary N) is 1. The molecule has 3 N–H and O–H groups in total. The van der Waals surface area contributed by atoms with E-state index < -0.39 is 0 Å². The molecule has 0 radical (unpaired) electrons. The van der Waals surface area contributed by atoms with Crippen molar-refractivity contribution in [1.29, 1.82) is 5.41 Å². The van der Waals surface area contributed by atoms with Gasteiger partial charge in [-0.05, 0) is 17.7 Å². The van der Waals surface area contributed by atoms with E-state index in [0.29, 0.717) is 0 Å². The van der Waals surface area contributed by atoms with E-state index in [2.05, 4.69) is 0 Å². The zero-order valence-corrected chi connectivity index (χ0v) is 9.38. The fourth-order valence-corrected chi connectivity index (χ4v) is 1.41. The standard InChI is InChI=1S/C11H14N2OS/c1-14-10-6-4-9(5-7-10)3-2-8-15-11(12)13/h2-7H,8H2,1H3,(H3,12,13)/b3-2-. The number of hydrogen-bond acceptors (Lipinski definition) is 3. The van der Waals surface area contributed by atoms with Gasteiger partial charge in [0.2, 0.25) is 0 Å². The maximum absolute atomic E-state index is 7.02. The van der Waals surface area contributed by atoms with Crippen LogP contribution in [0.3, 0.4) is 0 Å². The SMILES string of the molecule is COc1ccc(/C=C\CSC(=N)N)cc1. The highest BCUT2D eigenvalue weighted by atomic mass is 32.2. The van der Waals surface area contributed by atoms with Crippen LogP contribution in [-0.4, -0.2) is 18.0 Å². The predicted molar refractivity (Wildman–Crippen MR) is 66.4 cm³/mol. The number of nitrogens with one attached hydrogen (secondary N) is 1. The third-order valence-electron chi connectivity index (χ3n) is 1.76. The van der Waals surface area contributed by atoms with Gasteiger partial charge in [-0.15, -0.1) is 0 Å². The van der Waals surface area contributed by atoms with Crippen LogP contribution < -0.4 is 10.5 Å². The Morgan fingerprint density at radius 1 is 1.47 bits per heavy atom. The van der Waals surface area contributed by atoms with Crippen molar-refractivity contribution < 1.29 is 4.74 Å². The molecule has 1 aromatic carbocycles. The lowest BCUT2D eigenvalue weighted by atomic mass is 10.2. The summed E-state index contributed by atoms with van der Waals surface area (Å²) in [5, 5.41) is 7.17. The molecule has 3 nitrogen and oxygen atoms in total. The molecule has 0 atom stereocenters. The van der Waals surface area contributed by atoms with E-state index in [1.54, 1.807) is 7.11 Å². The van der Waals surface area contributed by atoms with Crippen LogP contribution >= 0.6 is 11.8 Å². The molecule has 0 aliphatic carbocycles. The minimum Gasteiger partial charge on any atom is -0.497 e. The zero-order chi connectivity index (χ0) is 11.1. The fourth-order valence-electron chi connectivity index (χ4n) is 1.04. The van der Waals surface area contributed by atoms with Gasteiger partial charge in [0.25, 0.3) is 0 Å². The van der Waals surface area contributed by atoms with Crippen LogP contribution in [0.4, 0.5) is 0 Å². The number of methoxy groups -OCH3 is 1. The first-order chi connectivity index (χ1) is 7.22. The molecule has 0 fully saturated rings. The van der Waals surface area contributed by atoms with Crippen molar-refractivity contribution in [2.45, 2.75) is 0 Å². The highest BCUT2D eigenvalue weighted by Gasteiger charge is 1.90. The van der Waals surface area contributed by atoms with Gasteiger partial charge in [-0.25, -0.2) is 0 Å². The summed E-state index contributed by atoms with van der Waals surface area (Å²) in [6, 6.07) is 7.79. The molecule has 0 aromatic heterocycles. The largest absolute Gasteiger partial charge is 0.497 e. The molecule has 0 bridgehead atoms. The second-order valence-corrected chi connectivity index (χ2v) is 3.91. The number of amidine groups is 1. The molecule has 0 unspecified atom stereocenters. The van der Waals surface area contributed by atoms with Crippen LogP contribution in [0.2, 0.25) is 0 Å².